The van der Waals surface area contributed by atoms with Gasteiger partial charge in [-0.3, -0.25) is 0 Å². The third-order valence-corrected chi connectivity index (χ3v) is 5.10. The molecule has 0 aliphatic rings. The van der Waals surface area contributed by atoms with E-state index in [1.54, 1.807) is 0 Å². The van der Waals surface area contributed by atoms with E-state index in [1.165, 1.54) is 29.8 Å². The van der Waals surface area contributed by atoms with Crippen molar-refractivity contribution in [3.8, 4) is 0 Å². The zero-order valence-electron chi connectivity index (χ0n) is 15.0. The number of rotatable bonds is 11. The van der Waals surface area contributed by atoms with Gasteiger partial charge < -0.3 is 9.80 Å². The molecular formula is C21H30N2S. The molecule has 130 valence electrons. The number of anilines is 1. The first kappa shape index (κ1) is 18.9. The van der Waals surface area contributed by atoms with Gasteiger partial charge in [0.1, 0.15) is 0 Å². The van der Waals surface area contributed by atoms with Crippen LogP contribution in [0.5, 0.6) is 0 Å². The Labute approximate surface area is 151 Å². The molecule has 0 aliphatic heterocycles. The molecule has 0 radical (unpaired) electrons. The van der Waals surface area contributed by atoms with Crippen LogP contribution in [0.15, 0.2) is 60.7 Å². The molecule has 0 saturated carbocycles. The van der Waals surface area contributed by atoms with Crippen LogP contribution in [-0.2, 0) is 5.75 Å². The average molecular weight is 343 g/mol. The first-order valence-electron chi connectivity index (χ1n) is 8.82. The van der Waals surface area contributed by atoms with Crippen LogP contribution in [0.2, 0.25) is 0 Å². The molecule has 2 aromatic carbocycles. The summed E-state index contributed by atoms with van der Waals surface area (Å²) in [6, 6.07) is 21.6. The Hall–Kier alpha value is -1.45. The van der Waals surface area contributed by atoms with Gasteiger partial charge in [0, 0.05) is 24.5 Å². The summed E-state index contributed by atoms with van der Waals surface area (Å²) in [5.74, 6) is 2.33. The summed E-state index contributed by atoms with van der Waals surface area (Å²) in [6.45, 7) is 3.41. The third kappa shape index (κ3) is 7.41. The Morgan fingerprint density at radius 2 is 1.38 bits per heavy atom. The van der Waals surface area contributed by atoms with Gasteiger partial charge in [-0.2, -0.15) is 11.8 Å². The predicted molar refractivity (Wildman–Crippen MR) is 109 cm³/mol. The van der Waals surface area contributed by atoms with E-state index in [0.717, 1.165) is 25.4 Å². The summed E-state index contributed by atoms with van der Waals surface area (Å²) < 4.78 is 0. The van der Waals surface area contributed by atoms with Crippen molar-refractivity contribution in [2.24, 2.45) is 0 Å². The summed E-state index contributed by atoms with van der Waals surface area (Å²) in [7, 11) is 4.29. The van der Waals surface area contributed by atoms with Crippen molar-refractivity contribution >= 4 is 17.4 Å². The number of benzene rings is 2. The van der Waals surface area contributed by atoms with Gasteiger partial charge in [0.05, 0.1) is 0 Å². The summed E-state index contributed by atoms with van der Waals surface area (Å²) in [6.07, 6.45) is 2.44. The molecule has 2 rings (SSSR count). The molecule has 0 aromatic heterocycles. The van der Waals surface area contributed by atoms with Gasteiger partial charge in [-0.05, 0) is 56.9 Å². The number of thioether (sulfide) groups is 1. The first-order valence-corrected chi connectivity index (χ1v) is 9.97. The van der Waals surface area contributed by atoms with Gasteiger partial charge in [0.15, 0.2) is 0 Å². The Morgan fingerprint density at radius 3 is 2.04 bits per heavy atom. The number of nitrogens with zero attached hydrogens (tertiary/aromatic N) is 2. The Morgan fingerprint density at radius 1 is 0.750 bits per heavy atom. The normalized spacial score (nSPS) is 11.0. The van der Waals surface area contributed by atoms with Crippen molar-refractivity contribution in [3.63, 3.8) is 0 Å². The maximum absolute atomic E-state index is 2.53. The Kier molecular flexibility index (Phi) is 8.78. The number of hydrogen-bond donors (Lipinski definition) is 0. The van der Waals surface area contributed by atoms with E-state index < -0.39 is 0 Å². The molecule has 0 saturated heterocycles. The van der Waals surface area contributed by atoms with Crippen molar-refractivity contribution in [1.29, 1.82) is 0 Å². The van der Waals surface area contributed by atoms with E-state index in [-0.39, 0.29) is 0 Å². The molecule has 0 fully saturated rings. The van der Waals surface area contributed by atoms with E-state index in [2.05, 4.69) is 84.6 Å². The fourth-order valence-electron chi connectivity index (χ4n) is 2.71. The quantitative estimate of drug-likeness (QED) is 0.543. The van der Waals surface area contributed by atoms with Crippen molar-refractivity contribution in [1.82, 2.24) is 4.90 Å². The smallest absolute Gasteiger partial charge is 0.0366 e. The SMILES string of the molecule is CN(C)CCCN(CCCSCc1ccccc1)c1ccccc1. The zero-order chi connectivity index (χ0) is 17.0. The molecule has 0 aliphatic carbocycles. The molecule has 0 heterocycles. The van der Waals surface area contributed by atoms with Gasteiger partial charge in [-0.15, -0.1) is 0 Å². The average Bonchev–Trinajstić information content (AvgIpc) is 2.61. The molecule has 2 aromatic rings. The number of hydrogen-bond acceptors (Lipinski definition) is 3. The fraction of sp³-hybridized carbons (Fsp3) is 0.429. The van der Waals surface area contributed by atoms with Gasteiger partial charge in [-0.25, -0.2) is 0 Å². The van der Waals surface area contributed by atoms with Crippen molar-refractivity contribution in [2.45, 2.75) is 18.6 Å². The van der Waals surface area contributed by atoms with E-state index in [4.69, 9.17) is 0 Å². The van der Waals surface area contributed by atoms with Crippen LogP contribution in [0, 0.1) is 0 Å². The van der Waals surface area contributed by atoms with Crippen LogP contribution < -0.4 is 4.90 Å². The monoisotopic (exact) mass is 342 g/mol. The summed E-state index contributed by atoms with van der Waals surface area (Å²) in [4.78, 5) is 4.80. The van der Waals surface area contributed by atoms with Crippen molar-refractivity contribution < 1.29 is 0 Å². The highest BCUT2D eigenvalue weighted by molar-refractivity contribution is 7.98. The van der Waals surface area contributed by atoms with Crippen LogP contribution in [0.1, 0.15) is 18.4 Å². The second-order valence-corrected chi connectivity index (χ2v) is 7.48. The highest BCUT2D eigenvalue weighted by Crippen LogP contribution is 2.17. The molecule has 0 N–H and O–H groups in total. The highest BCUT2D eigenvalue weighted by Gasteiger charge is 2.06. The Bertz CT molecular complexity index is 542. The van der Waals surface area contributed by atoms with Crippen molar-refractivity contribution in [3.05, 3.63) is 66.2 Å². The third-order valence-electron chi connectivity index (χ3n) is 3.98. The zero-order valence-corrected chi connectivity index (χ0v) is 15.8. The highest BCUT2D eigenvalue weighted by atomic mass is 32.2. The molecule has 24 heavy (non-hydrogen) atoms. The molecule has 0 amide bonds. The molecule has 0 atom stereocenters. The lowest BCUT2D eigenvalue weighted by Gasteiger charge is -2.25. The van der Waals surface area contributed by atoms with Crippen LogP contribution in [0.25, 0.3) is 0 Å². The lowest BCUT2D eigenvalue weighted by atomic mass is 10.2. The fourth-order valence-corrected chi connectivity index (χ4v) is 3.61. The maximum Gasteiger partial charge on any atom is 0.0366 e. The van der Waals surface area contributed by atoms with Gasteiger partial charge in [-0.1, -0.05) is 48.5 Å². The standard InChI is InChI=1S/C21H30N2S/c1-22(2)15-9-16-23(21-13-7-4-8-14-21)17-10-18-24-19-20-11-5-3-6-12-20/h3-8,11-14H,9-10,15-19H2,1-2H3. The van der Waals surface area contributed by atoms with Gasteiger partial charge in [0.2, 0.25) is 0 Å². The Balaban J connectivity index is 1.73. The summed E-state index contributed by atoms with van der Waals surface area (Å²) in [5, 5.41) is 0. The number of para-hydroxylation sites is 1. The van der Waals surface area contributed by atoms with E-state index >= 15 is 0 Å². The molecule has 3 heteroatoms. The van der Waals surface area contributed by atoms with Crippen LogP contribution in [0.4, 0.5) is 5.69 Å². The molecular weight excluding hydrogens is 312 g/mol. The minimum Gasteiger partial charge on any atom is -0.371 e. The predicted octanol–water partition coefficient (Wildman–Crippen LogP) is 4.77. The molecule has 0 bridgehead atoms. The van der Waals surface area contributed by atoms with E-state index in [9.17, 15) is 0 Å². The molecule has 0 unspecified atom stereocenters. The van der Waals surface area contributed by atoms with Crippen LogP contribution >= 0.6 is 11.8 Å². The topological polar surface area (TPSA) is 6.48 Å². The minimum atomic E-state index is 1.12. The molecule has 0 spiro atoms. The van der Waals surface area contributed by atoms with E-state index in [1.807, 2.05) is 11.8 Å². The van der Waals surface area contributed by atoms with E-state index in [0.29, 0.717) is 0 Å². The lowest BCUT2D eigenvalue weighted by Crippen LogP contribution is -2.28. The maximum atomic E-state index is 2.53. The first-order chi connectivity index (χ1) is 11.8. The summed E-state index contributed by atoms with van der Waals surface area (Å²) in [5.41, 5.74) is 2.78. The second kappa shape index (κ2) is 11.2. The summed E-state index contributed by atoms with van der Waals surface area (Å²) >= 11 is 2.04. The second-order valence-electron chi connectivity index (χ2n) is 6.37. The van der Waals surface area contributed by atoms with Crippen LogP contribution in [0.3, 0.4) is 0 Å². The lowest BCUT2D eigenvalue weighted by molar-refractivity contribution is 0.400. The van der Waals surface area contributed by atoms with Crippen LogP contribution in [-0.4, -0.2) is 44.4 Å². The minimum absolute atomic E-state index is 1.12. The molecule has 2 nitrogen and oxygen atoms in total. The van der Waals surface area contributed by atoms with Crippen molar-refractivity contribution in [2.75, 3.05) is 44.4 Å². The van der Waals surface area contributed by atoms with Gasteiger partial charge >= 0.3 is 0 Å². The largest absolute Gasteiger partial charge is 0.371 e. The van der Waals surface area contributed by atoms with Gasteiger partial charge in [0.25, 0.3) is 0 Å².